The minimum atomic E-state index is -0.155. The molecule has 12 heavy (non-hydrogen) atoms. The molecule has 0 atom stereocenters. The van der Waals surface area contributed by atoms with Crippen LogP contribution in [-0.4, -0.2) is 6.54 Å². The van der Waals surface area contributed by atoms with Crippen LogP contribution < -0.4 is 5.73 Å². The summed E-state index contributed by atoms with van der Waals surface area (Å²) in [6.45, 7) is 0.607. The van der Waals surface area contributed by atoms with E-state index in [1.165, 1.54) is 6.07 Å². The number of hydrogen-bond donors (Lipinski definition) is 1. The average Bonchev–Trinajstić information content (AvgIpc) is 2.03. The molecule has 1 aromatic carbocycles. The van der Waals surface area contributed by atoms with Crippen molar-refractivity contribution in [1.82, 2.24) is 0 Å². The van der Waals surface area contributed by atoms with Crippen molar-refractivity contribution in [2.24, 2.45) is 5.73 Å². The van der Waals surface area contributed by atoms with Crippen LogP contribution in [0.2, 0.25) is 0 Å². The molecule has 0 aromatic heterocycles. The summed E-state index contributed by atoms with van der Waals surface area (Å²) >= 11 is 3.20. The van der Waals surface area contributed by atoms with Gasteiger partial charge in [0.05, 0.1) is 0 Å². The third-order valence-corrected chi connectivity index (χ3v) is 2.16. The van der Waals surface area contributed by atoms with Crippen LogP contribution in [0.15, 0.2) is 22.7 Å². The fourth-order valence-electron chi connectivity index (χ4n) is 1.02. The predicted octanol–water partition coefficient (Wildman–Crippen LogP) is 2.48. The molecule has 0 radical (unpaired) electrons. The quantitative estimate of drug-likeness (QED) is 0.851. The minimum Gasteiger partial charge on any atom is -0.330 e. The predicted molar refractivity (Wildman–Crippen MR) is 51.5 cm³/mol. The molecule has 1 rings (SSSR count). The van der Waals surface area contributed by atoms with Crippen molar-refractivity contribution in [1.29, 1.82) is 0 Å². The van der Waals surface area contributed by atoms with Gasteiger partial charge in [0.25, 0.3) is 0 Å². The normalized spacial score (nSPS) is 10.2. The van der Waals surface area contributed by atoms with E-state index in [1.54, 1.807) is 6.07 Å². The number of aryl methyl sites for hydroxylation is 1. The highest BCUT2D eigenvalue weighted by atomic mass is 79.9. The summed E-state index contributed by atoms with van der Waals surface area (Å²) in [4.78, 5) is 0. The SMILES string of the molecule is NCCCc1ccc(Br)cc1F. The van der Waals surface area contributed by atoms with Gasteiger partial charge in [0, 0.05) is 4.47 Å². The summed E-state index contributed by atoms with van der Waals surface area (Å²) < 4.78 is 13.9. The smallest absolute Gasteiger partial charge is 0.127 e. The Hall–Kier alpha value is -0.410. The summed E-state index contributed by atoms with van der Waals surface area (Å²) in [7, 11) is 0. The Bertz CT molecular complexity index is 263. The van der Waals surface area contributed by atoms with Crippen molar-refractivity contribution < 1.29 is 4.39 Å². The maximum absolute atomic E-state index is 13.1. The Morgan fingerprint density at radius 2 is 2.17 bits per heavy atom. The topological polar surface area (TPSA) is 26.0 Å². The van der Waals surface area contributed by atoms with Crippen LogP contribution in [0.25, 0.3) is 0 Å². The van der Waals surface area contributed by atoms with Gasteiger partial charge < -0.3 is 5.73 Å². The van der Waals surface area contributed by atoms with Crippen molar-refractivity contribution in [2.75, 3.05) is 6.54 Å². The highest BCUT2D eigenvalue weighted by Crippen LogP contribution is 2.16. The van der Waals surface area contributed by atoms with Crippen molar-refractivity contribution >= 4 is 15.9 Å². The monoisotopic (exact) mass is 231 g/mol. The Kier molecular flexibility index (Phi) is 3.69. The lowest BCUT2D eigenvalue weighted by Crippen LogP contribution is -2.01. The van der Waals surface area contributed by atoms with Gasteiger partial charge in [0.15, 0.2) is 0 Å². The minimum absolute atomic E-state index is 0.155. The zero-order chi connectivity index (χ0) is 8.97. The summed E-state index contributed by atoms with van der Waals surface area (Å²) in [5.74, 6) is -0.155. The second-order valence-electron chi connectivity index (χ2n) is 2.63. The summed E-state index contributed by atoms with van der Waals surface area (Å²) in [6, 6.07) is 5.11. The first-order valence-electron chi connectivity index (χ1n) is 3.88. The maximum Gasteiger partial charge on any atom is 0.127 e. The summed E-state index contributed by atoms with van der Waals surface area (Å²) in [6.07, 6.45) is 1.55. The van der Waals surface area contributed by atoms with E-state index in [4.69, 9.17) is 5.73 Å². The van der Waals surface area contributed by atoms with Gasteiger partial charge in [-0.05, 0) is 37.1 Å². The summed E-state index contributed by atoms with van der Waals surface area (Å²) in [5, 5.41) is 0. The van der Waals surface area contributed by atoms with Crippen molar-refractivity contribution in [3.05, 3.63) is 34.1 Å². The fourth-order valence-corrected chi connectivity index (χ4v) is 1.35. The van der Waals surface area contributed by atoms with Crippen LogP contribution >= 0.6 is 15.9 Å². The van der Waals surface area contributed by atoms with E-state index in [0.717, 1.165) is 22.9 Å². The van der Waals surface area contributed by atoms with E-state index in [0.29, 0.717) is 6.54 Å². The number of nitrogens with two attached hydrogens (primary N) is 1. The molecule has 3 heteroatoms. The summed E-state index contributed by atoms with van der Waals surface area (Å²) in [5.41, 5.74) is 6.06. The Balaban J connectivity index is 2.72. The first kappa shape index (κ1) is 9.68. The fraction of sp³-hybridized carbons (Fsp3) is 0.333. The molecule has 0 unspecified atom stereocenters. The molecule has 2 N–H and O–H groups in total. The zero-order valence-corrected chi connectivity index (χ0v) is 8.27. The Labute approximate surface area is 79.9 Å². The second-order valence-corrected chi connectivity index (χ2v) is 3.54. The van der Waals surface area contributed by atoms with E-state index < -0.39 is 0 Å². The van der Waals surface area contributed by atoms with E-state index >= 15 is 0 Å². The zero-order valence-electron chi connectivity index (χ0n) is 6.69. The number of halogens is 2. The van der Waals surface area contributed by atoms with Crippen LogP contribution in [0.3, 0.4) is 0 Å². The Morgan fingerprint density at radius 3 is 2.75 bits per heavy atom. The molecule has 0 saturated carbocycles. The first-order chi connectivity index (χ1) is 5.74. The molecule has 0 fully saturated rings. The molecule has 0 aliphatic rings. The van der Waals surface area contributed by atoms with Crippen molar-refractivity contribution in [3.8, 4) is 0 Å². The molecule has 0 amide bonds. The molecule has 1 aromatic rings. The molecule has 0 heterocycles. The molecule has 66 valence electrons. The van der Waals surface area contributed by atoms with E-state index in [-0.39, 0.29) is 5.82 Å². The highest BCUT2D eigenvalue weighted by Gasteiger charge is 2.00. The van der Waals surface area contributed by atoms with Crippen molar-refractivity contribution in [2.45, 2.75) is 12.8 Å². The molecular formula is C9H11BrFN. The van der Waals surface area contributed by atoms with Crippen LogP contribution in [0.5, 0.6) is 0 Å². The van der Waals surface area contributed by atoms with Gasteiger partial charge in [0.1, 0.15) is 5.82 Å². The average molecular weight is 232 g/mol. The molecule has 1 nitrogen and oxygen atoms in total. The van der Waals surface area contributed by atoms with Gasteiger partial charge in [-0.15, -0.1) is 0 Å². The number of hydrogen-bond acceptors (Lipinski definition) is 1. The van der Waals surface area contributed by atoms with Gasteiger partial charge in [0.2, 0.25) is 0 Å². The maximum atomic E-state index is 13.1. The number of benzene rings is 1. The largest absolute Gasteiger partial charge is 0.330 e. The number of rotatable bonds is 3. The van der Waals surface area contributed by atoms with Gasteiger partial charge in [-0.25, -0.2) is 4.39 Å². The third kappa shape index (κ3) is 2.57. The highest BCUT2D eigenvalue weighted by molar-refractivity contribution is 9.10. The van der Waals surface area contributed by atoms with Gasteiger partial charge >= 0.3 is 0 Å². The molecule has 0 aliphatic heterocycles. The van der Waals surface area contributed by atoms with Gasteiger partial charge in [-0.2, -0.15) is 0 Å². The Morgan fingerprint density at radius 1 is 1.42 bits per heavy atom. The van der Waals surface area contributed by atoms with Gasteiger partial charge in [-0.3, -0.25) is 0 Å². The first-order valence-corrected chi connectivity index (χ1v) is 4.67. The molecule has 0 saturated heterocycles. The lowest BCUT2D eigenvalue weighted by Gasteiger charge is -2.01. The lowest BCUT2D eigenvalue weighted by atomic mass is 10.1. The van der Waals surface area contributed by atoms with Crippen LogP contribution in [0.4, 0.5) is 4.39 Å². The van der Waals surface area contributed by atoms with Crippen LogP contribution in [0.1, 0.15) is 12.0 Å². The van der Waals surface area contributed by atoms with E-state index in [2.05, 4.69) is 15.9 Å². The van der Waals surface area contributed by atoms with Crippen molar-refractivity contribution in [3.63, 3.8) is 0 Å². The van der Waals surface area contributed by atoms with Gasteiger partial charge in [-0.1, -0.05) is 22.0 Å². The molecular weight excluding hydrogens is 221 g/mol. The van der Waals surface area contributed by atoms with Crippen LogP contribution in [0, 0.1) is 5.82 Å². The molecule has 0 aliphatic carbocycles. The van der Waals surface area contributed by atoms with Crippen LogP contribution in [-0.2, 0) is 6.42 Å². The van der Waals surface area contributed by atoms with E-state index in [9.17, 15) is 4.39 Å². The second kappa shape index (κ2) is 4.58. The molecule has 0 bridgehead atoms. The standard InChI is InChI=1S/C9H11BrFN/c10-8-4-3-7(2-1-5-12)9(11)6-8/h3-4,6H,1-2,5,12H2. The lowest BCUT2D eigenvalue weighted by molar-refractivity contribution is 0.604. The molecule has 0 spiro atoms. The van der Waals surface area contributed by atoms with E-state index in [1.807, 2.05) is 6.07 Å². The third-order valence-electron chi connectivity index (χ3n) is 1.67.